The molecule has 1 heterocycles. The second-order valence-corrected chi connectivity index (χ2v) is 11.6. The van der Waals surface area contributed by atoms with Gasteiger partial charge >= 0.3 is 0 Å². The predicted octanol–water partition coefficient (Wildman–Crippen LogP) is 1.57. The number of hydrogen-bond donors (Lipinski definition) is 5. The van der Waals surface area contributed by atoms with Gasteiger partial charge in [0.25, 0.3) is 5.91 Å². The van der Waals surface area contributed by atoms with E-state index >= 15 is 0 Å². The highest BCUT2D eigenvalue weighted by molar-refractivity contribution is 5.99. The van der Waals surface area contributed by atoms with Gasteiger partial charge in [-0.15, -0.1) is 0 Å². The van der Waals surface area contributed by atoms with Crippen LogP contribution in [0.25, 0.3) is 10.9 Å². The minimum absolute atomic E-state index is 0.0171. The maximum absolute atomic E-state index is 13.7. The summed E-state index contributed by atoms with van der Waals surface area (Å²) in [6.45, 7) is 1.44. The molecule has 5 atom stereocenters. The Morgan fingerprint density at radius 1 is 0.826 bits per heavy atom. The molecule has 4 amide bonds. The molecule has 0 spiro atoms. The number of benzene rings is 3. The Morgan fingerprint density at radius 2 is 1.41 bits per heavy atom. The van der Waals surface area contributed by atoms with Crippen LogP contribution in [0.4, 0.5) is 0 Å². The average molecular weight is 625 g/mol. The SMILES string of the molecule is CC(O)C(Cc1ccccc1)(NC(Cc1ccccc1)C(=O)N(C)C)C(C(N)=O)C(NC(=O)c1ccc2ccccc2n1)C(N)=O. The minimum atomic E-state index is -1.78. The molecule has 46 heavy (non-hydrogen) atoms. The van der Waals surface area contributed by atoms with Crippen molar-refractivity contribution >= 4 is 34.5 Å². The molecule has 0 aliphatic carbocycles. The number of para-hydroxylation sites is 1. The molecule has 0 radical (unpaired) electrons. The van der Waals surface area contributed by atoms with Gasteiger partial charge < -0.3 is 26.8 Å². The van der Waals surface area contributed by atoms with Crippen LogP contribution in [0, 0.1) is 5.92 Å². The zero-order valence-electron chi connectivity index (χ0n) is 26.1. The monoisotopic (exact) mass is 624 g/mol. The lowest BCUT2D eigenvalue weighted by molar-refractivity contribution is -0.138. The molecule has 7 N–H and O–H groups in total. The highest BCUT2D eigenvalue weighted by Gasteiger charge is 2.53. The Bertz CT molecular complexity index is 1680. The summed E-state index contributed by atoms with van der Waals surface area (Å²) in [4.78, 5) is 59.7. The van der Waals surface area contributed by atoms with Crippen LogP contribution in [0.15, 0.2) is 97.1 Å². The molecule has 0 aliphatic heterocycles. The molecule has 240 valence electrons. The summed E-state index contributed by atoms with van der Waals surface area (Å²) in [5, 5.41) is 18.3. The van der Waals surface area contributed by atoms with Crippen molar-refractivity contribution in [2.75, 3.05) is 14.1 Å². The maximum atomic E-state index is 13.7. The summed E-state index contributed by atoms with van der Waals surface area (Å²) in [6.07, 6.45) is -1.27. The number of nitrogens with two attached hydrogens (primary N) is 2. The van der Waals surface area contributed by atoms with Gasteiger partial charge in [0.15, 0.2) is 0 Å². The number of primary amides is 2. The van der Waals surface area contributed by atoms with Gasteiger partial charge in [-0.2, -0.15) is 0 Å². The van der Waals surface area contributed by atoms with Gasteiger partial charge in [-0.3, -0.25) is 24.5 Å². The van der Waals surface area contributed by atoms with Gasteiger partial charge in [-0.05, 0) is 43.0 Å². The van der Waals surface area contributed by atoms with E-state index in [0.717, 1.165) is 10.9 Å². The molecule has 5 unspecified atom stereocenters. The first kappa shape index (κ1) is 33.8. The van der Waals surface area contributed by atoms with Gasteiger partial charge in [-0.25, -0.2) is 4.98 Å². The number of aliphatic hydroxyl groups is 1. The Morgan fingerprint density at radius 3 is 1.98 bits per heavy atom. The van der Waals surface area contributed by atoms with Crippen molar-refractivity contribution in [2.24, 2.45) is 17.4 Å². The fourth-order valence-corrected chi connectivity index (χ4v) is 5.84. The molecular weight excluding hydrogens is 584 g/mol. The molecule has 11 nitrogen and oxygen atoms in total. The molecule has 0 saturated carbocycles. The zero-order chi connectivity index (χ0) is 33.4. The smallest absolute Gasteiger partial charge is 0.270 e. The molecule has 1 aromatic heterocycles. The van der Waals surface area contributed by atoms with E-state index in [1.807, 2.05) is 48.5 Å². The molecule has 4 aromatic rings. The van der Waals surface area contributed by atoms with Crippen LogP contribution in [0.2, 0.25) is 0 Å². The number of hydrogen-bond acceptors (Lipinski definition) is 7. The summed E-state index contributed by atoms with van der Waals surface area (Å²) in [7, 11) is 3.19. The third-order valence-corrected chi connectivity index (χ3v) is 8.17. The molecule has 11 heteroatoms. The summed E-state index contributed by atoms with van der Waals surface area (Å²) in [5.74, 6) is -4.81. The molecule has 0 aliphatic rings. The number of aromatic nitrogens is 1. The fraction of sp³-hybridized carbons (Fsp3) is 0.286. The van der Waals surface area contributed by atoms with E-state index in [4.69, 9.17) is 11.5 Å². The van der Waals surface area contributed by atoms with Crippen LogP contribution in [-0.4, -0.2) is 76.4 Å². The normalized spacial score (nSPS) is 15.1. The second kappa shape index (κ2) is 14.8. The van der Waals surface area contributed by atoms with Crippen LogP contribution >= 0.6 is 0 Å². The summed E-state index contributed by atoms with van der Waals surface area (Å²) >= 11 is 0. The van der Waals surface area contributed by atoms with Gasteiger partial charge in [0, 0.05) is 19.5 Å². The standard InChI is InChI=1S/C35H40N6O5/c1-22(42)35(21-24-14-8-5-9-15-24,40-28(34(46)41(2)3)20-23-12-6-4-7-13-23)29(31(36)43)30(32(37)44)39-33(45)27-19-18-25-16-10-11-17-26(25)38-27/h4-19,22,28-30,40,42H,20-21H2,1-3H3,(H2,36,43)(H2,37,44)(H,39,45). The second-order valence-electron chi connectivity index (χ2n) is 11.6. The number of likely N-dealkylation sites (N-methyl/N-ethyl adjacent to an activating group) is 1. The Hall–Kier alpha value is -5.13. The van der Waals surface area contributed by atoms with Crippen LogP contribution < -0.4 is 22.1 Å². The van der Waals surface area contributed by atoms with Crippen molar-refractivity contribution in [1.82, 2.24) is 20.5 Å². The van der Waals surface area contributed by atoms with Crippen LogP contribution in [0.5, 0.6) is 0 Å². The highest BCUT2D eigenvalue weighted by atomic mass is 16.3. The van der Waals surface area contributed by atoms with E-state index < -0.39 is 47.4 Å². The fourth-order valence-electron chi connectivity index (χ4n) is 5.84. The quantitative estimate of drug-likeness (QED) is 0.141. The largest absolute Gasteiger partial charge is 0.391 e. The van der Waals surface area contributed by atoms with E-state index in [1.54, 1.807) is 56.6 Å². The number of carbonyl (C=O) groups excluding carboxylic acids is 4. The average Bonchev–Trinajstić information content (AvgIpc) is 3.03. The topological polar surface area (TPSA) is 181 Å². The number of nitrogens with one attached hydrogen (secondary N) is 2. The minimum Gasteiger partial charge on any atom is -0.391 e. The van der Waals surface area contributed by atoms with Crippen LogP contribution in [-0.2, 0) is 27.2 Å². The van der Waals surface area contributed by atoms with Crippen LogP contribution in [0.1, 0.15) is 28.5 Å². The van der Waals surface area contributed by atoms with Crippen molar-refractivity contribution in [3.8, 4) is 0 Å². The van der Waals surface area contributed by atoms with Crippen molar-refractivity contribution in [2.45, 2.75) is 43.5 Å². The number of fused-ring (bicyclic) bond motifs is 1. The van der Waals surface area contributed by atoms with E-state index in [0.29, 0.717) is 11.1 Å². The lowest BCUT2D eigenvalue weighted by atomic mass is 9.70. The van der Waals surface area contributed by atoms with Gasteiger partial charge in [0.2, 0.25) is 17.7 Å². The number of nitrogens with zero attached hydrogens (tertiary/aromatic N) is 2. The summed E-state index contributed by atoms with van der Waals surface area (Å²) < 4.78 is 0. The van der Waals surface area contributed by atoms with Crippen LogP contribution in [0.3, 0.4) is 0 Å². The van der Waals surface area contributed by atoms with Gasteiger partial charge in [0.1, 0.15) is 11.7 Å². The van der Waals surface area contributed by atoms with Gasteiger partial charge in [0.05, 0.1) is 29.1 Å². The van der Waals surface area contributed by atoms with Crippen molar-refractivity contribution < 1.29 is 24.3 Å². The molecule has 0 fully saturated rings. The highest BCUT2D eigenvalue weighted by Crippen LogP contribution is 2.32. The number of rotatable bonds is 14. The number of aliphatic hydroxyl groups excluding tert-OH is 1. The number of pyridine rings is 1. The Balaban J connectivity index is 1.84. The van der Waals surface area contributed by atoms with E-state index in [2.05, 4.69) is 15.6 Å². The summed E-state index contributed by atoms with van der Waals surface area (Å²) in [6, 6.07) is 25.9. The maximum Gasteiger partial charge on any atom is 0.270 e. The van der Waals surface area contributed by atoms with E-state index in [1.165, 1.54) is 17.9 Å². The first-order chi connectivity index (χ1) is 21.9. The molecular formula is C35H40N6O5. The lowest BCUT2D eigenvalue weighted by Crippen LogP contribution is -2.72. The number of carbonyl (C=O) groups is 4. The first-order valence-electron chi connectivity index (χ1n) is 14.9. The molecule has 0 saturated heterocycles. The number of amides is 4. The van der Waals surface area contributed by atoms with Crippen molar-refractivity contribution in [3.05, 3.63) is 114 Å². The van der Waals surface area contributed by atoms with Crippen molar-refractivity contribution in [1.29, 1.82) is 0 Å². The van der Waals surface area contributed by atoms with Crippen molar-refractivity contribution in [3.63, 3.8) is 0 Å². The predicted molar refractivity (Wildman–Crippen MR) is 175 cm³/mol. The van der Waals surface area contributed by atoms with E-state index in [-0.39, 0.29) is 24.4 Å². The first-order valence-corrected chi connectivity index (χ1v) is 14.9. The van der Waals surface area contributed by atoms with Gasteiger partial charge in [-0.1, -0.05) is 84.9 Å². The molecule has 4 rings (SSSR count). The Kier molecular flexibility index (Phi) is 10.8. The zero-order valence-corrected chi connectivity index (χ0v) is 26.1. The Labute approximate surface area is 268 Å². The molecule has 0 bridgehead atoms. The van der Waals surface area contributed by atoms with E-state index in [9.17, 15) is 24.3 Å². The third kappa shape index (κ3) is 7.74. The lowest BCUT2D eigenvalue weighted by Gasteiger charge is -2.47. The summed E-state index contributed by atoms with van der Waals surface area (Å²) in [5.41, 5.74) is 12.2. The molecule has 3 aromatic carbocycles. The third-order valence-electron chi connectivity index (χ3n) is 8.17.